The number of carbonyl (C=O) groups is 2. The summed E-state index contributed by atoms with van der Waals surface area (Å²) in [5.41, 5.74) is 1.94. The Kier molecular flexibility index (Phi) is 6.01. The summed E-state index contributed by atoms with van der Waals surface area (Å²) < 4.78 is 1.68. The number of hydrogen-bond donors (Lipinski definition) is 2. The number of rotatable bonds is 6. The second-order valence-electron chi connectivity index (χ2n) is 5.87. The number of aryl methyl sites for hydroxylation is 2. The van der Waals surface area contributed by atoms with Gasteiger partial charge in [-0.15, -0.1) is 0 Å². The topological polar surface area (TPSA) is 79.3 Å². The maximum atomic E-state index is 12.1. The highest BCUT2D eigenvalue weighted by atomic mass is 35.5. The van der Waals surface area contributed by atoms with Gasteiger partial charge in [0.1, 0.15) is 5.15 Å². The van der Waals surface area contributed by atoms with Crippen molar-refractivity contribution in [2.75, 3.05) is 26.2 Å². The fourth-order valence-corrected chi connectivity index (χ4v) is 3.35. The molecule has 1 fully saturated rings. The largest absolute Gasteiger partial charge is 0.355 e. The van der Waals surface area contributed by atoms with Gasteiger partial charge in [-0.2, -0.15) is 5.10 Å². The Morgan fingerprint density at radius 2 is 2.04 bits per heavy atom. The zero-order chi connectivity index (χ0) is 17.0. The van der Waals surface area contributed by atoms with Crippen molar-refractivity contribution in [2.45, 2.75) is 32.7 Å². The molecule has 128 valence electrons. The first kappa shape index (κ1) is 17.7. The molecular formula is C15H24ClN5O2. The third kappa shape index (κ3) is 4.45. The minimum absolute atomic E-state index is 0.0417. The third-order valence-corrected chi connectivity index (χ3v) is 4.51. The van der Waals surface area contributed by atoms with Crippen molar-refractivity contribution >= 4 is 23.4 Å². The molecule has 0 aliphatic carbocycles. The number of amides is 2. The third-order valence-electron chi connectivity index (χ3n) is 4.06. The molecule has 0 aromatic carbocycles. The van der Waals surface area contributed by atoms with Gasteiger partial charge in [-0.1, -0.05) is 11.6 Å². The number of carbonyl (C=O) groups excluding carboxylic acids is 2. The Labute approximate surface area is 141 Å². The van der Waals surface area contributed by atoms with Crippen LogP contribution in [0.3, 0.4) is 0 Å². The molecule has 0 radical (unpaired) electrons. The Morgan fingerprint density at radius 3 is 2.65 bits per heavy atom. The predicted molar refractivity (Wildman–Crippen MR) is 88.2 cm³/mol. The van der Waals surface area contributed by atoms with Crippen LogP contribution in [0.5, 0.6) is 0 Å². The molecule has 0 spiro atoms. The summed E-state index contributed by atoms with van der Waals surface area (Å²) in [6.45, 7) is 5.48. The normalized spacial score (nSPS) is 18.2. The number of halogens is 1. The summed E-state index contributed by atoms with van der Waals surface area (Å²) in [5, 5.41) is 10.5. The summed E-state index contributed by atoms with van der Waals surface area (Å²) >= 11 is 6.36. The van der Waals surface area contributed by atoms with E-state index in [0.29, 0.717) is 24.8 Å². The maximum Gasteiger partial charge on any atom is 0.234 e. The van der Waals surface area contributed by atoms with Gasteiger partial charge in [0.05, 0.1) is 12.2 Å². The maximum absolute atomic E-state index is 12.1. The van der Waals surface area contributed by atoms with Crippen LogP contribution < -0.4 is 10.6 Å². The first-order valence-corrected chi connectivity index (χ1v) is 8.22. The molecule has 1 saturated heterocycles. The van der Waals surface area contributed by atoms with Crippen molar-refractivity contribution < 1.29 is 9.59 Å². The van der Waals surface area contributed by atoms with E-state index < -0.39 is 0 Å². The van der Waals surface area contributed by atoms with E-state index in [1.54, 1.807) is 4.68 Å². The first-order chi connectivity index (χ1) is 10.9. The highest BCUT2D eigenvalue weighted by Crippen LogP contribution is 2.37. The molecule has 1 aromatic heterocycles. The van der Waals surface area contributed by atoms with E-state index in [9.17, 15) is 9.59 Å². The minimum atomic E-state index is -0.0967. The van der Waals surface area contributed by atoms with Crippen LogP contribution in [0.2, 0.25) is 5.15 Å². The second-order valence-corrected chi connectivity index (χ2v) is 6.23. The summed E-state index contributed by atoms with van der Waals surface area (Å²) in [6.07, 6.45) is 2.01. The van der Waals surface area contributed by atoms with E-state index in [1.165, 1.54) is 6.92 Å². The van der Waals surface area contributed by atoms with E-state index in [4.69, 9.17) is 11.6 Å². The molecule has 2 heterocycles. The van der Waals surface area contributed by atoms with Gasteiger partial charge in [0.15, 0.2) is 0 Å². The van der Waals surface area contributed by atoms with Crippen LogP contribution in [-0.2, 0) is 16.6 Å². The molecule has 1 atom stereocenters. The number of nitrogens with one attached hydrogen (secondary N) is 2. The van der Waals surface area contributed by atoms with Gasteiger partial charge in [-0.05, 0) is 26.3 Å². The van der Waals surface area contributed by atoms with E-state index in [1.807, 2.05) is 14.0 Å². The van der Waals surface area contributed by atoms with Crippen LogP contribution in [-0.4, -0.2) is 52.7 Å². The Morgan fingerprint density at radius 1 is 1.35 bits per heavy atom. The fourth-order valence-electron chi connectivity index (χ4n) is 3.05. The van der Waals surface area contributed by atoms with Gasteiger partial charge in [0.25, 0.3) is 0 Å². The molecule has 0 unspecified atom stereocenters. The van der Waals surface area contributed by atoms with Crippen molar-refractivity contribution in [1.82, 2.24) is 25.3 Å². The van der Waals surface area contributed by atoms with Gasteiger partial charge in [0, 0.05) is 38.7 Å². The molecule has 23 heavy (non-hydrogen) atoms. The zero-order valence-electron chi connectivity index (χ0n) is 13.9. The van der Waals surface area contributed by atoms with E-state index in [2.05, 4.69) is 20.6 Å². The van der Waals surface area contributed by atoms with Crippen LogP contribution in [0.4, 0.5) is 0 Å². The molecule has 8 heteroatoms. The van der Waals surface area contributed by atoms with Crippen LogP contribution in [0.1, 0.15) is 37.1 Å². The van der Waals surface area contributed by atoms with Crippen LogP contribution in [0, 0.1) is 6.92 Å². The van der Waals surface area contributed by atoms with E-state index in [-0.39, 0.29) is 17.9 Å². The first-order valence-electron chi connectivity index (χ1n) is 7.84. The van der Waals surface area contributed by atoms with E-state index >= 15 is 0 Å². The molecular weight excluding hydrogens is 318 g/mol. The molecule has 2 N–H and O–H groups in total. The molecule has 0 saturated carbocycles. The second kappa shape index (κ2) is 7.79. The van der Waals surface area contributed by atoms with Gasteiger partial charge < -0.3 is 10.6 Å². The number of aromatic nitrogens is 2. The Hall–Kier alpha value is -1.60. The molecule has 0 bridgehead atoms. The lowest BCUT2D eigenvalue weighted by Crippen LogP contribution is -2.40. The summed E-state index contributed by atoms with van der Waals surface area (Å²) in [4.78, 5) is 25.0. The van der Waals surface area contributed by atoms with E-state index in [0.717, 1.165) is 30.6 Å². The number of nitrogens with zero attached hydrogens (tertiary/aromatic N) is 3. The quantitative estimate of drug-likeness (QED) is 0.749. The zero-order valence-corrected chi connectivity index (χ0v) is 14.6. The monoisotopic (exact) mass is 341 g/mol. The average Bonchev–Trinajstić information content (AvgIpc) is 3.00. The SMILES string of the molecule is CC(=O)NCCNC(=O)CN1CCC[C@@H]1c1c(C)nn(C)c1Cl. The van der Waals surface area contributed by atoms with Gasteiger partial charge in [-0.3, -0.25) is 19.2 Å². The molecule has 1 aromatic rings. The summed E-state index contributed by atoms with van der Waals surface area (Å²) in [5.74, 6) is -0.138. The highest BCUT2D eigenvalue weighted by molar-refractivity contribution is 6.30. The van der Waals surface area contributed by atoms with Crippen molar-refractivity contribution in [2.24, 2.45) is 7.05 Å². The molecule has 1 aliphatic rings. The molecule has 7 nitrogen and oxygen atoms in total. The van der Waals surface area contributed by atoms with Crippen molar-refractivity contribution in [3.8, 4) is 0 Å². The van der Waals surface area contributed by atoms with Gasteiger partial charge in [-0.25, -0.2) is 0 Å². The lowest BCUT2D eigenvalue weighted by Gasteiger charge is -2.24. The number of likely N-dealkylation sites (tertiary alicyclic amines) is 1. The molecule has 2 rings (SSSR count). The Balaban J connectivity index is 1.91. The van der Waals surface area contributed by atoms with Crippen LogP contribution >= 0.6 is 11.6 Å². The number of hydrogen-bond acceptors (Lipinski definition) is 4. The smallest absolute Gasteiger partial charge is 0.234 e. The van der Waals surface area contributed by atoms with Crippen molar-refractivity contribution in [1.29, 1.82) is 0 Å². The predicted octanol–water partition coefficient (Wildman–Crippen LogP) is 0.771. The highest BCUT2D eigenvalue weighted by Gasteiger charge is 2.32. The molecule has 2 amide bonds. The minimum Gasteiger partial charge on any atom is -0.355 e. The lowest BCUT2D eigenvalue weighted by atomic mass is 10.1. The lowest BCUT2D eigenvalue weighted by molar-refractivity contribution is -0.123. The van der Waals surface area contributed by atoms with Gasteiger partial charge >= 0.3 is 0 Å². The van der Waals surface area contributed by atoms with Crippen molar-refractivity contribution in [3.63, 3.8) is 0 Å². The van der Waals surface area contributed by atoms with Crippen LogP contribution in [0.15, 0.2) is 0 Å². The summed E-state index contributed by atoms with van der Waals surface area (Å²) in [6, 6.07) is 0.136. The standard InChI is InChI=1S/C15H24ClN5O2/c1-10-14(15(16)20(3)19-10)12-5-4-8-21(12)9-13(23)18-7-6-17-11(2)22/h12H,4-9H2,1-3H3,(H,17,22)(H,18,23)/t12-/m1/s1. The summed E-state index contributed by atoms with van der Waals surface area (Å²) in [7, 11) is 1.83. The van der Waals surface area contributed by atoms with Crippen LogP contribution in [0.25, 0.3) is 0 Å². The fraction of sp³-hybridized carbons (Fsp3) is 0.667. The molecule has 1 aliphatic heterocycles. The Bertz CT molecular complexity index is 587. The van der Waals surface area contributed by atoms with Crippen molar-refractivity contribution in [3.05, 3.63) is 16.4 Å². The average molecular weight is 342 g/mol. The van der Waals surface area contributed by atoms with Gasteiger partial charge in [0.2, 0.25) is 11.8 Å².